The Bertz CT molecular complexity index is 505. The zero-order valence-corrected chi connectivity index (χ0v) is 10.4. The molecule has 1 amide bonds. The van der Waals surface area contributed by atoms with Gasteiger partial charge in [-0.15, -0.1) is 0 Å². The molecule has 0 bridgehead atoms. The molecule has 2 rings (SSSR count). The lowest BCUT2D eigenvalue weighted by atomic mass is 9.84. The van der Waals surface area contributed by atoms with Crippen LogP contribution in [0.2, 0.25) is 0 Å². The number of rotatable bonds is 2. The number of hydrogen-bond acceptors (Lipinski definition) is 3. The summed E-state index contributed by atoms with van der Waals surface area (Å²) in [5.74, 6) is -0.692. The molecule has 4 heteroatoms. The molecule has 0 fully saturated rings. The van der Waals surface area contributed by atoms with Gasteiger partial charge in [0.05, 0.1) is 12.7 Å². The summed E-state index contributed by atoms with van der Waals surface area (Å²) in [5, 5.41) is 2.68. The number of methoxy groups -OCH3 is 1. The molecule has 0 radical (unpaired) electrons. The third-order valence-corrected chi connectivity index (χ3v) is 3.08. The highest BCUT2D eigenvalue weighted by Gasteiger charge is 2.32. The first kappa shape index (κ1) is 12.4. The van der Waals surface area contributed by atoms with Crippen LogP contribution >= 0.6 is 0 Å². The predicted octanol–water partition coefficient (Wildman–Crippen LogP) is 1.74. The van der Waals surface area contributed by atoms with Crippen LogP contribution in [-0.4, -0.2) is 19.0 Å². The lowest BCUT2D eigenvalue weighted by Crippen LogP contribution is -2.33. The van der Waals surface area contributed by atoms with Gasteiger partial charge in [-0.3, -0.25) is 4.79 Å². The number of nitrogens with one attached hydrogen (secondary N) is 1. The Labute approximate surface area is 106 Å². The zero-order valence-electron chi connectivity index (χ0n) is 10.4. The Morgan fingerprint density at radius 2 is 2.00 bits per heavy atom. The van der Waals surface area contributed by atoms with Gasteiger partial charge >= 0.3 is 5.97 Å². The quantitative estimate of drug-likeness (QED) is 0.807. The molecule has 1 aromatic carbocycles. The molecule has 0 unspecified atom stereocenters. The Morgan fingerprint density at radius 3 is 2.61 bits per heavy atom. The number of allylic oxidation sites excluding steroid dienone is 1. The molecule has 1 heterocycles. The van der Waals surface area contributed by atoms with Gasteiger partial charge in [-0.25, -0.2) is 4.79 Å². The van der Waals surface area contributed by atoms with Gasteiger partial charge in [0.1, 0.15) is 0 Å². The maximum atomic E-state index is 11.8. The Morgan fingerprint density at radius 1 is 1.33 bits per heavy atom. The number of benzene rings is 1. The van der Waals surface area contributed by atoms with E-state index in [1.165, 1.54) is 7.11 Å². The van der Waals surface area contributed by atoms with Crippen LogP contribution in [0.3, 0.4) is 0 Å². The van der Waals surface area contributed by atoms with Crippen molar-refractivity contribution in [1.29, 1.82) is 0 Å². The van der Waals surface area contributed by atoms with Crippen molar-refractivity contribution in [1.82, 2.24) is 5.32 Å². The molecular formula is C14H15NO3. The van der Waals surface area contributed by atoms with Crippen molar-refractivity contribution < 1.29 is 14.3 Å². The average Bonchev–Trinajstić information content (AvgIpc) is 2.38. The van der Waals surface area contributed by atoms with Crippen LogP contribution in [-0.2, 0) is 14.3 Å². The minimum Gasteiger partial charge on any atom is -0.466 e. The average molecular weight is 245 g/mol. The molecule has 18 heavy (non-hydrogen) atoms. The maximum Gasteiger partial charge on any atom is 0.336 e. The van der Waals surface area contributed by atoms with E-state index in [4.69, 9.17) is 4.74 Å². The molecule has 0 spiro atoms. The highest BCUT2D eigenvalue weighted by Crippen LogP contribution is 2.33. The van der Waals surface area contributed by atoms with Gasteiger partial charge in [0.15, 0.2) is 0 Å². The first-order valence-electron chi connectivity index (χ1n) is 5.77. The van der Waals surface area contributed by atoms with E-state index in [-0.39, 0.29) is 24.2 Å². The summed E-state index contributed by atoms with van der Waals surface area (Å²) >= 11 is 0. The van der Waals surface area contributed by atoms with Gasteiger partial charge < -0.3 is 10.1 Å². The molecule has 1 aliphatic rings. The second-order valence-corrected chi connectivity index (χ2v) is 4.25. The Balaban J connectivity index is 2.46. The normalized spacial score (nSPS) is 19.4. The molecule has 0 aliphatic carbocycles. The number of carbonyl (C=O) groups is 2. The van der Waals surface area contributed by atoms with Crippen molar-refractivity contribution in [3.63, 3.8) is 0 Å². The van der Waals surface area contributed by atoms with E-state index in [0.717, 1.165) is 5.56 Å². The third-order valence-electron chi connectivity index (χ3n) is 3.08. The largest absolute Gasteiger partial charge is 0.466 e. The molecular weight excluding hydrogens is 230 g/mol. The minimum atomic E-state index is -0.388. The lowest BCUT2D eigenvalue weighted by molar-refractivity contribution is -0.136. The highest BCUT2D eigenvalue weighted by molar-refractivity contribution is 5.95. The van der Waals surface area contributed by atoms with Gasteiger partial charge in [0.25, 0.3) is 0 Å². The first-order chi connectivity index (χ1) is 8.63. The van der Waals surface area contributed by atoms with E-state index in [9.17, 15) is 9.59 Å². The Kier molecular flexibility index (Phi) is 3.46. The van der Waals surface area contributed by atoms with Crippen molar-refractivity contribution >= 4 is 11.9 Å². The standard InChI is InChI=1S/C14H15NO3/c1-9-13(14(17)18-2)11(8-12(16)15-9)10-6-4-3-5-7-10/h3-7,11H,8H2,1-2H3,(H,15,16)/t11-/m0/s1. The maximum absolute atomic E-state index is 11.8. The first-order valence-corrected chi connectivity index (χ1v) is 5.77. The molecule has 1 atom stereocenters. The molecule has 0 saturated heterocycles. The van der Waals surface area contributed by atoms with E-state index >= 15 is 0 Å². The summed E-state index contributed by atoms with van der Waals surface area (Å²) < 4.78 is 4.80. The number of hydrogen-bond donors (Lipinski definition) is 1. The van der Waals surface area contributed by atoms with Crippen LogP contribution in [0.15, 0.2) is 41.6 Å². The summed E-state index contributed by atoms with van der Waals surface area (Å²) in [6.07, 6.45) is 0.270. The molecule has 4 nitrogen and oxygen atoms in total. The van der Waals surface area contributed by atoms with Gasteiger partial charge in [-0.2, -0.15) is 0 Å². The summed E-state index contributed by atoms with van der Waals surface area (Å²) in [5.41, 5.74) is 2.06. The van der Waals surface area contributed by atoms with E-state index in [2.05, 4.69) is 5.32 Å². The van der Waals surface area contributed by atoms with Crippen LogP contribution in [0.1, 0.15) is 24.8 Å². The predicted molar refractivity (Wildman–Crippen MR) is 66.7 cm³/mol. The van der Waals surface area contributed by atoms with E-state index < -0.39 is 0 Å². The van der Waals surface area contributed by atoms with Gasteiger partial charge in [-0.1, -0.05) is 30.3 Å². The van der Waals surface area contributed by atoms with Crippen LogP contribution in [0.4, 0.5) is 0 Å². The van der Waals surface area contributed by atoms with Crippen molar-refractivity contribution in [2.24, 2.45) is 0 Å². The SMILES string of the molecule is COC(=O)C1=C(C)NC(=O)C[C@H]1c1ccccc1. The minimum absolute atomic E-state index is 0.0750. The molecule has 1 N–H and O–H groups in total. The van der Waals surface area contributed by atoms with E-state index in [1.807, 2.05) is 30.3 Å². The van der Waals surface area contributed by atoms with Crippen molar-refractivity contribution in [2.75, 3.05) is 7.11 Å². The fraction of sp³-hybridized carbons (Fsp3) is 0.286. The summed E-state index contributed by atoms with van der Waals surface area (Å²) in [6, 6.07) is 9.53. The van der Waals surface area contributed by atoms with Crippen LogP contribution in [0.5, 0.6) is 0 Å². The molecule has 0 aromatic heterocycles. The van der Waals surface area contributed by atoms with Crippen molar-refractivity contribution in [2.45, 2.75) is 19.3 Å². The number of ether oxygens (including phenoxy) is 1. The number of amides is 1. The lowest BCUT2D eigenvalue weighted by Gasteiger charge is -2.26. The zero-order chi connectivity index (χ0) is 13.1. The topological polar surface area (TPSA) is 55.4 Å². The third kappa shape index (κ3) is 2.27. The van der Waals surface area contributed by atoms with Crippen LogP contribution in [0.25, 0.3) is 0 Å². The molecule has 1 aromatic rings. The van der Waals surface area contributed by atoms with Crippen molar-refractivity contribution in [3.05, 3.63) is 47.2 Å². The molecule has 94 valence electrons. The number of carbonyl (C=O) groups excluding carboxylic acids is 2. The van der Waals surface area contributed by atoms with E-state index in [1.54, 1.807) is 6.92 Å². The summed E-state index contributed by atoms with van der Waals surface area (Å²) in [7, 11) is 1.35. The van der Waals surface area contributed by atoms with Gasteiger partial charge in [-0.05, 0) is 12.5 Å². The molecule has 1 aliphatic heterocycles. The monoisotopic (exact) mass is 245 g/mol. The number of esters is 1. The fourth-order valence-corrected chi connectivity index (χ4v) is 2.25. The van der Waals surface area contributed by atoms with Crippen molar-refractivity contribution in [3.8, 4) is 0 Å². The smallest absolute Gasteiger partial charge is 0.336 e. The highest BCUT2D eigenvalue weighted by atomic mass is 16.5. The summed E-state index contributed by atoms with van der Waals surface area (Å²) in [4.78, 5) is 23.5. The van der Waals surface area contributed by atoms with Crippen LogP contribution in [0, 0.1) is 0 Å². The second-order valence-electron chi connectivity index (χ2n) is 4.25. The fourth-order valence-electron chi connectivity index (χ4n) is 2.25. The molecule has 0 saturated carbocycles. The Hall–Kier alpha value is -2.10. The van der Waals surface area contributed by atoms with Gasteiger partial charge in [0, 0.05) is 18.0 Å². The van der Waals surface area contributed by atoms with Crippen LogP contribution < -0.4 is 5.32 Å². The van der Waals surface area contributed by atoms with Gasteiger partial charge in [0.2, 0.25) is 5.91 Å². The summed E-state index contributed by atoms with van der Waals surface area (Å²) in [6.45, 7) is 1.72. The second kappa shape index (κ2) is 5.04. The van der Waals surface area contributed by atoms with E-state index in [0.29, 0.717) is 11.3 Å².